The second-order valence-electron chi connectivity index (χ2n) is 9.97. The highest BCUT2D eigenvalue weighted by atomic mass is 32.1. The molecule has 0 fully saturated rings. The number of rotatable bonds is 4. The fraction of sp³-hybridized carbons (Fsp3) is 0.290. The lowest BCUT2D eigenvalue weighted by Crippen LogP contribution is -2.38. The van der Waals surface area contributed by atoms with Gasteiger partial charge in [0.05, 0.1) is 30.5 Å². The maximum atomic E-state index is 14.0. The van der Waals surface area contributed by atoms with Crippen LogP contribution in [-0.2, 0) is 24.1 Å². The summed E-state index contributed by atoms with van der Waals surface area (Å²) in [5.41, 5.74) is 7.14. The number of anilines is 1. The summed E-state index contributed by atoms with van der Waals surface area (Å²) in [6.07, 6.45) is 6.73. The number of ether oxygens (including phenoxy) is 1. The lowest BCUT2D eigenvalue weighted by atomic mass is 9.95. The van der Waals surface area contributed by atoms with Gasteiger partial charge < -0.3 is 19.5 Å². The lowest BCUT2D eigenvalue weighted by Gasteiger charge is -2.31. The molecule has 2 aliphatic rings. The van der Waals surface area contributed by atoms with E-state index in [0.29, 0.717) is 24.4 Å². The van der Waals surface area contributed by atoms with Crippen LogP contribution < -0.4 is 5.32 Å². The van der Waals surface area contributed by atoms with Crippen molar-refractivity contribution in [1.82, 2.24) is 9.47 Å². The second kappa shape index (κ2) is 10.1. The van der Waals surface area contributed by atoms with Gasteiger partial charge in [-0.3, -0.25) is 0 Å². The Balaban J connectivity index is 1.40. The number of carbonyl (C=O) groups is 2. The highest BCUT2D eigenvalue weighted by Crippen LogP contribution is 2.44. The van der Waals surface area contributed by atoms with Crippen molar-refractivity contribution in [2.45, 2.75) is 52.1 Å². The largest absolute Gasteiger partial charge is 0.462 e. The molecule has 2 aromatic carbocycles. The van der Waals surface area contributed by atoms with E-state index in [2.05, 4.69) is 59.4 Å². The van der Waals surface area contributed by atoms with E-state index >= 15 is 0 Å². The number of fused-ring (bicyclic) bond motifs is 5. The van der Waals surface area contributed by atoms with E-state index in [1.54, 1.807) is 31.2 Å². The number of aryl methyl sites for hydroxylation is 2. The average Bonchev–Trinajstić information content (AvgIpc) is 3.52. The first-order chi connectivity index (χ1) is 18.5. The zero-order valence-corrected chi connectivity index (χ0v) is 22.5. The third-order valence-corrected chi connectivity index (χ3v) is 8.81. The van der Waals surface area contributed by atoms with Crippen molar-refractivity contribution in [3.8, 4) is 5.00 Å². The van der Waals surface area contributed by atoms with Gasteiger partial charge in [-0.15, -0.1) is 11.3 Å². The number of nitrogens with zero attached hydrogens (tertiary/aromatic N) is 2. The number of amides is 2. The zero-order chi connectivity index (χ0) is 26.2. The number of thiophene rings is 1. The van der Waals surface area contributed by atoms with Gasteiger partial charge >= 0.3 is 12.0 Å². The molecular formula is C31H31N3O3S. The lowest BCUT2D eigenvalue weighted by molar-refractivity contribution is 0.0526. The molecule has 4 aromatic rings. The Hall–Kier alpha value is -3.84. The van der Waals surface area contributed by atoms with Gasteiger partial charge in [0, 0.05) is 22.3 Å². The van der Waals surface area contributed by atoms with Crippen LogP contribution >= 0.6 is 11.3 Å². The minimum Gasteiger partial charge on any atom is -0.462 e. The first kappa shape index (κ1) is 24.5. The summed E-state index contributed by atoms with van der Waals surface area (Å²) in [5.74, 6) is -0.368. The molecule has 1 aliphatic carbocycles. The van der Waals surface area contributed by atoms with Crippen LogP contribution in [0.25, 0.3) is 5.00 Å². The van der Waals surface area contributed by atoms with Crippen molar-refractivity contribution in [2.75, 3.05) is 11.9 Å². The predicted molar refractivity (Wildman–Crippen MR) is 150 cm³/mol. The third kappa shape index (κ3) is 4.41. The Morgan fingerprint density at radius 2 is 1.76 bits per heavy atom. The van der Waals surface area contributed by atoms with Crippen LogP contribution in [0.4, 0.5) is 10.5 Å². The molecule has 7 heteroatoms. The maximum Gasteiger partial charge on any atom is 0.338 e. The van der Waals surface area contributed by atoms with E-state index in [-0.39, 0.29) is 18.0 Å². The van der Waals surface area contributed by atoms with Crippen LogP contribution in [0.3, 0.4) is 0 Å². The SMILES string of the molecule is CCOC(=O)c1ccc(NC(=O)N2Cc3c(sc4c3CCCC4)-n3cccc3[C@H]2c2ccc(C)cc2)cc1. The Morgan fingerprint density at radius 3 is 2.53 bits per heavy atom. The molecule has 2 aromatic heterocycles. The predicted octanol–water partition coefficient (Wildman–Crippen LogP) is 7.04. The Kier molecular flexibility index (Phi) is 6.54. The van der Waals surface area contributed by atoms with Gasteiger partial charge in [0.2, 0.25) is 0 Å². The van der Waals surface area contributed by atoms with E-state index in [0.717, 1.165) is 24.1 Å². The molecule has 2 amide bonds. The summed E-state index contributed by atoms with van der Waals surface area (Å²) in [4.78, 5) is 29.5. The number of aromatic nitrogens is 1. The van der Waals surface area contributed by atoms with E-state index in [4.69, 9.17) is 4.74 Å². The van der Waals surface area contributed by atoms with Crippen molar-refractivity contribution in [3.05, 3.63) is 105 Å². The number of hydrogen-bond donors (Lipinski definition) is 1. The summed E-state index contributed by atoms with van der Waals surface area (Å²) in [6, 6.07) is 19.1. The van der Waals surface area contributed by atoms with Crippen molar-refractivity contribution >= 4 is 29.0 Å². The molecular weight excluding hydrogens is 494 g/mol. The number of benzene rings is 2. The highest BCUT2D eigenvalue weighted by molar-refractivity contribution is 7.15. The summed E-state index contributed by atoms with van der Waals surface area (Å²) in [7, 11) is 0. The van der Waals surface area contributed by atoms with E-state index in [1.807, 2.05) is 16.2 Å². The Labute approximate surface area is 226 Å². The first-order valence-electron chi connectivity index (χ1n) is 13.3. The molecule has 0 saturated heterocycles. The topological polar surface area (TPSA) is 63.6 Å². The molecule has 0 unspecified atom stereocenters. The Morgan fingerprint density at radius 1 is 1.00 bits per heavy atom. The van der Waals surface area contributed by atoms with Crippen LogP contribution in [0, 0.1) is 6.92 Å². The van der Waals surface area contributed by atoms with Crippen molar-refractivity contribution in [3.63, 3.8) is 0 Å². The molecule has 3 heterocycles. The summed E-state index contributed by atoms with van der Waals surface area (Å²) in [6.45, 7) is 4.72. The molecule has 194 valence electrons. The van der Waals surface area contributed by atoms with Crippen molar-refractivity contribution < 1.29 is 14.3 Å². The first-order valence-corrected chi connectivity index (χ1v) is 14.1. The molecule has 0 bridgehead atoms. The molecule has 6 nitrogen and oxygen atoms in total. The smallest absolute Gasteiger partial charge is 0.338 e. The molecule has 1 aliphatic heterocycles. The molecule has 1 N–H and O–H groups in total. The molecule has 1 atom stereocenters. The number of carbonyl (C=O) groups excluding carboxylic acids is 2. The van der Waals surface area contributed by atoms with Crippen LogP contribution in [0.2, 0.25) is 0 Å². The van der Waals surface area contributed by atoms with Crippen molar-refractivity contribution in [2.24, 2.45) is 0 Å². The average molecular weight is 526 g/mol. The number of hydrogen-bond acceptors (Lipinski definition) is 4. The van der Waals surface area contributed by atoms with Crippen LogP contribution in [0.15, 0.2) is 66.9 Å². The summed E-state index contributed by atoms with van der Waals surface area (Å²) < 4.78 is 7.39. The summed E-state index contributed by atoms with van der Waals surface area (Å²) >= 11 is 1.88. The van der Waals surface area contributed by atoms with Gasteiger partial charge in [-0.2, -0.15) is 0 Å². The molecule has 0 spiro atoms. The minimum atomic E-state index is -0.368. The van der Waals surface area contributed by atoms with E-state index < -0.39 is 0 Å². The monoisotopic (exact) mass is 525 g/mol. The number of urea groups is 1. The molecule has 0 saturated carbocycles. The third-order valence-electron chi connectivity index (χ3n) is 7.48. The minimum absolute atomic E-state index is 0.171. The number of esters is 1. The maximum absolute atomic E-state index is 14.0. The van der Waals surface area contributed by atoms with Gasteiger partial charge in [0.25, 0.3) is 0 Å². The van der Waals surface area contributed by atoms with Crippen LogP contribution in [0.5, 0.6) is 0 Å². The normalized spacial score (nSPS) is 16.2. The number of nitrogens with one attached hydrogen (secondary N) is 1. The van der Waals surface area contributed by atoms with Gasteiger partial charge in [-0.1, -0.05) is 29.8 Å². The molecule has 0 radical (unpaired) electrons. The zero-order valence-electron chi connectivity index (χ0n) is 21.7. The van der Waals surface area contributed by atoms with Crippen LogP contribution in [0.1, 0.15) is 69.0 Å². The van der Waals surface area contributed by atoms with Gasteiger partial charge in [-0.25, -0.2) is 9.59 Å². The highest BCUT2D eigenvalue weighted by Gasteiger charge is 2.36. The van der Waals surface area contributed by atoms with Gasteiger partial charge in [0.1, 0.15) is 5.00 Å². The van der Waals surface area contributed by atoms with E-state index in [1.165, 1.54) is 39.4 Å². The van der Waals surface area contributed by atoms with Gasteiger partial charge in [0.15, 0.2) is 0 Å². The van der Waals surface area contributed by atoms with Crippen LogP contribution in [-0.4, -0.2) is 28.1 Å². The standard InChI is InChI=1S/C31H31N3O3S/c1-3-37-30(35)22-14-16-23(17-15-22)32-31(36)34-19-25-24-7-4-5-9-27(24)38-29(25)33-18-6-8-26(33)28(34)21-12-10-20(2)11-13-21/h6,8,10-18,28H,3-5,7,9,19H2,1-2H3,(H,32,36)/t28-/m1/s1. The quantitative estimate of drug-likeness (QED) is 0.291. The van der Waals surface area contributed by atoms with Gasteiger partial charge in [-0.05, 0) is 87.1 Å². The fourth-order valence-corrected chi connectivity index (χ4v) is 6.99. The van der Waals surface area contributed by atoms with E-state index in [9.17, 15) is 9.59 Å². The summed E-state index contributed by atoms with van der Waals surface area (Å²) in [5, 5.41) is 4.34. The fourth-order valence-electron chi connectivity index (χ4n) is 5.59. The second-order valence-corrected chi connectivity index (χ2v) is 11.1. The molecule has 38 heavy (non-hydrogen) atoms. The Bertz CT molecular complexity index is 1480. The molecule has 6 rings (SSSR count). The van der Waals surface area contributed by atoms with Crippen molar-refractivity contribution in [1.29, 1.82) is 0 Å².